The summed E-state index contributed by atoms with van der Waals surface area (Å²) in [7, 11) is 0. The minimum atomic E-state index is -0.111. The van der Waals surface area contributed by atoms with Crippen LogP contribution in [0.1, 0.15) is 21.7 Å². The molecule has 1 aliphatic heterocycles. The van der Waals surface area contributed by atoms with Gasteiger partial charge >= 0.3 is 0 Å². The summed E-state index contributed by atoms with van der Waals surface area (Å²) in [5, 5.41) is 8.33. The van der Waals surface area contributed by atoms with Crippen LogP contribution in [0.2, 0.25) is 0 Å². The van der Waals surface area contributed by atoms with Gasteiger partial charge in [-0.25, -0.2) is 4.68 Å². The van der Waals surface area contributed by atoms with Crippen LogP contribution >= 0.6 is 31.9 Å². The first-order chi connectivity index (χ1) is 12.0. The Morgan fingerprint density at radius 1 is 1.12 bits per heavy atom. The molecule has 1 aromatic heterocycles. The molecule has 0 atom stereocenters. The van der Waals surface area contributed by atoms with Crippen molar-refractivity contribution in [1.82, 2.24) is 15.0 Å². The van der Waals surface area contributed by atoms with Gasteiger partial charge in [0.1, 0.15) is 0 Å². The highest BCUT2D eigenvalue weighted by molar-refractivity contribution is 9.10. The van der Waals surface area contributed by atoms with Crippen molar-refractivity contribution in [2.75, 3.05) is 11.4 Å². The number of amides is 1. The zero-order valence-electron chi connectivity index (χ0n) is 13.4. The number of rotatable bonds is 2. The van der Waals surface area contributed by atoms with E-state index >= 15 is 0 Å². The SMILES string of the molecule is Cc1c(C(=O)N2CCc3cc(Br)ccc32)nnn1-c1cccc(Br)c1. The monoisotopic (exact) mass is 460 g/mol. The van der Waals surface area contributed by atoms with Crippen LogP contribution in [0.3, 0.4) is 0 Å². The molecule has 0 fully saturated rings. The molecule has 0 aliphatic carbocycles. The Balaban J connectivity index is 1.69. The van der Waals surface area contributed by atoms with Gasteiger partial charge in [-0.05, 0) is 55.3 Å². The van der Waals surface area contributed by atoms with E-state index in [1.165, 1.54) is 5.56 Å². The second-order valence-corrected chi connectivity index (χ2v) is 7.73. The Kier molecular flexibility index (Phi) is 4.21. The van der Waals surface area contributed by atoms with Gasteiger partial charge in [-0.1, -0.05) is 43.1 Å². The molecular formula is C18H14Br2N4O. The Hall–Kier alpha value is -1.99. The van der Waals surface area contributed by atoms with E-state index in [0.29, 0.717) is 12.2 Å². The topological polar surface area (TPSA) is 51.0 Å². The molecule has 0 saturated heterocycles. The molecule has 1 amide bonds. The predicted octanol–water partition coefficient (Wildman–Crippen LogP) is 4.30. The van der Waals surface area contributed by atoms with E-state index in [2.05, 4.69) is 48.2 Å². The van der Waals surface area contributed by atoms with Gasteiger partial charge in [0.25, 0.3) is 5.91 Å². The van der Waals surface area contributed by atoms with Gasteiger partial charge in [0.15, 0.2) is 5.69 Å². The average Bonchev–Trinajstić information content (AvgIpc) is 3.17. The molecule has 0 N–H and O–H groups in total. The number of carbonyl (C=O) groups excluding carboxylic acids is 1. The fourth-order valence-corrected chi connectivity index (χ4v) is 3.88. The fourth-order valence-electron chi connectivity index (χ4n) is 3.09. The maximum absolute atomic E-state index is 13.0. The molecule has 5 nitrogen and oxygen atoms in total. The third-order valence-electron chi connectivity index (χ3n) is 4.33. The van der Waals surface area contributed by atoms with Crippen molar-refractivity contribution in [3.63, 3.8) is 0 Å². The van der Waals surface area contributed by atoms with E-state index in [9.17, 15) is 4.79 Å². The van der Waals surface area contributed by atoms with Crippen LogP contribution in [0, 0.1) is 6.92 Å². The van der Waals surface area contributed by atoms with Gasteiger partial charge in [-0.3, -0.25) is 4.79 Å². The molecule has 0 spiro atoms. The van der Waals surface area contributed by atoms with Gasteiger partial charge in [-0.15, -0.1) is 5.10 Å². The number of carbonyl (C=O) groups is 1. The number of nitrogens with zero attached hydrogens (tertiary/aromatic N) is 4. The molecule has 3 aromatic rings. The molecule has 0 bridgehead atoms. The number of fused-ring (bicyclic) bond motifs is 1. The summed E-state index contributed by atoms with van der Waals surface area (Å²) in [4.78, 5) is 14.8. The molecule has 2 heterocycles. The Bertz CT molecular complexity index is 983. The number of hydrogen-bond donors (Lipinski definition) is 0. The number of aromatic nitrogens is 3. The van der Waals surface area contributed by atoms with Crippen LogP contribution in [0.4, 0.5) is 5.69 Å². The van der Waals surface area contributed by atoms with Gasteiger partial charge in [-0.2, -0.15) is 0 Å². The van der Waals surface area contributed by atoms with Crippen LogP contribution in [0.25, 0.3) is 5.69 Å². The molecule has 4 rings (SSSR count). The van der Waals surface area contributed by atoms with Crippen molar-refractivity contribution in [2.45, 2.75) is 13.3 Å². The summed E-state index contributed by atoms with van der Waals surface area (Å²) in [5.74, 6) is -0.111. The summed E-state index contributed by atoms with van der Waals surface area (Å²) in [5.41, 5.74) is 4.10. The third kappa shape index (κ3) is 2.91. The average molecular weight is 462 g/mol. The van der Waals surface area contributed by atoms with Crippen molar-refractivity contribution in [2.24, 2.45) is 0 Å². The van der Waals surface area contributed by atoms with E-state index in [1.807, 2.05) is 43.3 Å². The number of halogens is 2. The minimum Gasteiger partial charge on any atom is -0.306 e. The van der Waals surface area contributed by atoms with Crippen LogP contribution in [0.5, 0.6) is 0 Å². The smallest absolute Gasteiger partial charge is 0.280 e. The third-order valence-corrected chi connectivity index (χ3v) is 5.32. The van der Waals surface area contributed by atoms with Crippen LogP contribution in [0.15, 0.2) is 51.4 Å². The predicted molar refractivity (Wildman–Crippen MR) is 103 cm³/mol. The molecule has 0 unspecified atom stereocenters. The number of hydrogen-bond acceptors (Lipinski definition) is 3. The van der Waals surface area contributed by atoms with Crippen molar-refractivity contribution >= 4 is 43.5 Å². The molecular weight excluding hydrogens is 448 g/mol. The molecule has 7 heteroatoms. The number of benzene rings is 2. The molecule has 0 saturated carbocycles. The number of anilines is 1. The summed E-state index contributed by atoms with van der Waals surface area (Å²) in [6, 6.07) is 13.7. The van der Waals surface area contributed by atoms with Crippen LogP contribution in [-0.4, -0.2) is 27.4 Å². The molecule has 126 valence electrons. The second kappa shape index (κ2) is 6.38. The van der Waals surface area contributed by atoms with Crippen molar-refractivity contribution in [1.29, 1.82) is 0 Å². The summed E-state index contributed by atoms with van der Waals surface area (Å²) in [6.45, 7) is 2.53. The minimum absolute atomic E-state index is 0.111. The normalized spacial score (nSPS) is 13.2. The van der Waals surface area contributed by atoms with Crippen LogP contribution < -0.4 is 4.90 Å². The van der Waals surface area contributed by atoms with Gasteiger partial charge in [0.2, 0.25) is 0 Å². The molecule has 25 heavy (non-hydrogen) atoms. The van der Waals surface area contributed by atoms with E-state index in [0.717, 1.165) is 32.4 Å². The van der Waals surface area contributed by atoms with E-state index in [4.69, 9.17) is 0 Å². The van der Waals surface area contributed by atoms with Crippen molar-refractivity contribution < 1.29 is 4.79 Å². The quantitative estimate of drug-likeness (QED) is 0.571. The summed E-state index contributed by atoms with van der Waals surface area (Å²) < 4.78 is 3.67. The summed E-state index contributed by atoms with van der Waals surface area (Å²) >= 11 is 6.94. The first-order valence-electron chi connectivity index (χ1n) is 7.83. The van der Waals surface area contributed by atoms with Gasteiger partial charge in [0, 0.05) is 21.2 Å². The Morgan fingerprint density at radius 2 is 1.92 bits per heavy atom. The van der Waals surface area contributed by atoms with Gasteiger partial charge < -0.3 is 4.90 Å². The standard InChI is InChI=1S/C18H14Br2N4O/c1-11-17(21-22-24(11)15-4-2-3-13(19)10-15)18(25)23-8-7-12-9-14(20)5-6-16(12)23/h2-6,9-10H,7-8H2,1H3. The zero-order chi connectivity index (χ0) is 17.6. The zero-order valence-corrected chi connectivity index (χ0v) is 16.6. The van der Waals surface area contributed by atoms with Gasteiger partial charge in [0.05, 0.1) is 11.4 Å². The molecule has 0 radical (unpaired) electrons. The van der Waals surface area contributed by atoms with Crippen molar-refractivity contribution in [3.8, 4) is 5.69 Å². The Morgan fingerprint density at radius 3 is 2.72 bits per heavy atom. The van der Waals surface area contributed by atoms with Crippen molar-refractivity contribution in [3.05, 3.63) is 68.4 Å². The summed E-state index contributed by atoms with van der Waals surface area (Å²) in [6.07, 6.45) is 0.847. The highest BCUT2D eigenvalue weighted by atomic mass is 79.9. The lowest BCUT2D eigenvalue weighted by Gasteiger charge is -2.16. The highest BCUT2D eigenvalue weighted by Crippen LogP contribution is 2.31. The molecule has 1 aliphatic rings. The lowest BCUT2D eigenvalue weighted by molar-refractivity contribution is 0.0984. The Labute approximate surface area is 161 Å². The van der Waals surface area contributed by atoms with Crippen LogP contribution in [-0.2, 0) is 6.42 Å². The highest BCUT2D eigenvalue weighted by Gasteiger charge is 2.29. The van der Waals surface area contributed by atoms with E-state index in [-0.39, 0.29) is 5.91 Å². The first-order valence-corrected chi connectivity index (χ1v) is 9.42. The fraction of sp³-hybridized carbons (Fsp3) is 0.167. The first kappa shape index (κ1) is 16.5. The van der Waals surface area contributed by atoms with E-state index < -0.39 is 0 Å². The van der Waals surface area contributed by atoms with E-state index in [1.54, 1.807) is 9.58 Å². The largest absolute Gasteiger partial charge is 0.306 e. The lowest BCUT2D eigenvalue weighted by Crippen LogP contribution is -2.29. The molecule has 2 aromatic carbocycles. The lowest BCUT2D eigenvalue weighted by atomic mass is 10.2. The maximum Gasteiger partial charge on any atom is 0.280 e. The maximum atomic E-state index is 13.0. The second-order valence-electron chi connectivity index (χ2n) is 5.89.